The Balaban J connectivity index is 1.39. The summed E-state index contributed by atoms with van der Waals surface area (Å²) in [6.07, 6.45) is 2.53. The minimum atomic E-state index is -0.577. The molecule has 3 aliphatic heterocycles. The standard InChI is InChI=1S/C31H32ClN3O4/c1-3-29(37)34-16-19(17-34)18-35-27-15-26(32)25(24-13-22(36)12-21-6-4-5-7-23(21)24)14-28(27)39-30(31(35)38)20-8-10-33(2)11-9-20/h3-7,12-15,19-20,30,36H,1,8-11,16-18H2,2H3. The van der Waals surface area contributed by atoms with Crippen molar-refractivity contribution in [2.24, 2.45) is 11.8 Å². The minimum Gasteiger partial charge on any atom is -0.508 e. The van der Waals surface area contributed by atoms with Crippen molar-refractivity contribution in [1.82, 2.24) is 9.80 Å². The molecule has 1 N–H and O–H groups in total. The zero-order valence-electron chi connectivity index (χ0n) is 22.0. The Morgan fingerprint density at radius 1 is 1.13 bits per heavy atom. The van der Waals surface area contributed by atoms with Gasteiger partial charge in [-0.15, -0.1) is 0 Å². The predicted molar refractivity (Wildman–Crippen MR) is 153 cm³/mol. The first-order valence-corrected chi connectivity index (χ1v) is 13.8. The van der Waals surface area contributed by atoms with Crippen LogP contribution < -0.4 is 9.64 Å². The molecule has 0 bridgehead atoms. The van der Waals surface area contributed by atoms with E-state index in [4.69, 9.17) is 16.3 Å². The highest BCUT2D eigenvalue weighted by molar-refractivity contribution is 6.34. The Hall–Kier alpha value is -3.55. The quantitative estimate of drug-likeness (QED) is 0.459. The number of fused-ring (bicyclic) bond motifs is 2. The molecule has 0 spiro atoms. The molecule has 6 rings (SSSR count). The van der Waals surface area contributed by atoms with Crippen LogP contribution in [0.2, 0.25) is 5.02 Å². The van der Waals surface area contributed by atoms with Crippen LogP contribution in [0.25, 0.3) is 21.9 Å². The molecule has 202 valence electrons. The van der Waals surface area contributed by atoms with Crippen molar-refractivity contribution >= 4 is 39.9 Å². The second kappa shape index (κ2) is 10.2. The number of ether oxygens (including phenoxy) is 1. The number of hydrogen-bond acceptors (Lipinski definition) is 5. The maximum absolute atomic E-state index is 13.9. The second-order valence-electron chi connectivity index (χ2n) is 11.0. The molecule has 0 saturated carbocycles. The molecule has 39 heavy (non-hydrogen) atoms. The number of benzene rings is 3. The van der Waals surface area contributed by atoms with Crippen LogP contribution in [0.3, 0.4) is 0 Å². The predicted octanol–water partition coefficient (Wildman–Crippen LogP) is 4.95. The number of nitrogens with zero attached hydrogens (tertiary/aromatic N) is 3. The number of hydrogen-bond donors (Lipinski definition) is 1. The van der Waals surface area contributed by atoms with Gasteiger partial charge in [-0.1, -0.05) is 42.4 Å². The highest BCUT2D eigenvalue weighted by Gasteiger charge is 2.43. The first kappa shape index (κ1) is 25.7. The SMILES string of the molecule is C=CC(=O)N1CC(CN2C(=O)C(C3CCN(C)CC3)Oc3cc(-c4cc(O)cc5ccccc45)c(Cl)cc32)C1. The number of aromatic hydroxyl groups is 1. The summed E-state index contributed by atoms with van der Waals surface area (Å²) >= 11 is 6.89. The average Bonchev–Trinajstić information content (AvgIpc) is 2.91. The van der Waals surface area contributed by atoms with Gasteiger partial charge in [-0.25, -0.2) is 0 Å². The molecule has 0 radical (unpaired) electrons. The topological polar surface area (TPSA) is 73.3 Å². The maximum Gasteiger partial charge on any atom is 0.268 e. The van der Waals surface area contributed by atoms with Gasteiger partial charge in [0, 0.05) is 37.0 Å². The van der Waals surface area contributed by atoms with Crippen molar-refractivity contribution in [3.05, 3.63) is 66.2 Å². The second-order valence-corrected chi connectivity index (χ2v) is 11.4. The van der Waals surface area contributed by atoms with Crippen LogP contribution in [0.15, 0.2) is 61.2 Å². The molecule has 0 aliphatic carbocycles. The number of anilines is 1. The van der Waals surface area contributed by atoms with Crippen LogP contribution in [0.4, 0.5) is 5.69 Å². The van der Waals surface area contributed by atoms with Crippen molar-refractivity contribution < 1.29 is 19.4 Å². The summed E-state index contributed by atoms with van der Waals surface area (Å²) in [5.74, 6) is 0.916. The fraction of sp³-hybridized carbons (Fsp3) is 0.355. The molecular formula is C31H32ClN3O4. The van der Waals surface area contributed by atoms with Crippen LogP contribution in [-0.2, 0) is 9.59 Å². The number of phenolic OH excluding ortho intramolecular Hbond substituents is 1. The molecular weight excluding hydrogens is 514 g/mol. The lowest BCUT2D eigenvalue weighted by Gasteiger charge is -2.44. The van der Waals surface area contributed by atoms with Gasteiger partial charge >= 0.3 is 0 Å². The summed E-state index contributed by atoms with van der Waals surface area (Å²) in [6.45, 7) is 7.09. The van der Waals surface area contributed by atoms with E-state index in [1.807, 2.05) is 35.2 Å². The van der Waals surface area contributed by atoms with E-state index >= 15 is 0 Å². The lowest BCUT2D eigenvalue weighted by atomic mass is 9.88. The molecule has 8 heteroatoms. The molecule has 1 atom stereocenters. The van der Waals surface area contributed by atoms with Crippen molar-refractivity contribution in [3.63, 3.8) is 0 Å². The Labute approximate surface area is 233 Å². The summed E-state index contributed by atoms with van der Waals surface area (Å²) < 4.78 is 6.51. The first-order chi connectivity index (χ1) is 18.8. The van der Waals surface area contributed by atoms with Crippen molar-refractivity contribution in [2.45, 2.75) is 18.9 Å². The molecule has 3 aromatic carbocycles. The fourth-order valence-corrected chi connectivity index (χ4v) is 6.36. The number of amides is 2. The molecule has 3 heterocycles. The Morgan fingerprint density at radius 3 is 2.62 bits per heavy atom. The van der Waals surface area contributed by atoms with Gasteiger partial charge in [-0.2, -0.15) is 0 Å². The van der Waals surface area contributed by atoms with E-state index in [2.05, 4.69) is 18.5 Å². The number of piperidine rings is 1. The van der Waals surface area contributed by atoms with Gasteiger partial charge in [0.2, 0.25) is 5.91 Å². The molecule has 3 aliphatic rings. The number of phenols is 1. The van der Waals surface area contributed by atoms with Crippen LogP contribution in [0.1, 0.15) is 12.8 Å². The third kappa shape index (κ3) is 4.74. The van der Waals surface area contributed by atoms with E-state index < -0.39 is 6.10 Å². The molecule has 0 aromatic heterocycles. The number of carbonyl (C=O) groups is 2. The number of halogens is 1. The average molecular weight is 546 g/mol. The van der Waals surface area contributed by atoms with E-state index in [9.17, 15) is 14.7 Å². The molecule has 2 saturated heterocycles. The van der Waals surface area contributed by atoms with Gasteiger partial charge in [-0.05, 0) is 79.7 Å². The van der Waals surface area contributed by atoms with Gasteiger partial charge in [0.25, 0.3) is 5.91 Å². The first-order valence-electron chi connectivity index (χ1n) is 13.5. The van der Waals surface area contributed by atoms with Crippen molar-refractivity contribution in [2.75, 3.05) is 44.7 Å². The number of carbonyl (C=O) groups excluding carboxylic acids is 2. The van der Waals surface area contributed by atoms with Crippen LogP contribution in [0, 0.1) is 11.8 Å². The Morgan fingerprint density at radius 2 is 1.87 bits per heavy atom. The van der Waals surface area contributed by atoms with Gasteiger partial charge < -0.3 is 24.5 Å². The minimum absolute atomic E-state index is 0.0443. The lowest BCUT2D eigenvalue weighted by molar-refractivity contribution is -0.132. The highest BCUT2D eigenvalue weighted by atomic mass is 35.5. The van der Waals surface area contributed by atoms with Crippen LogP contribution in [-0.4, -0.2) is 72.6 Å². The summed E-state index contributed by atoms with van der Waals surface area (Å²) in [5.41, 5.74) is 2.19. The van der Waals surface area contributed by atoms with Crippen LogP contribution in [0.5, 0.6) is 11.5 Å². The fourth-order valence-electron chi connectivity index (χ4n) is 6.10. The summed E-state index contributed by atoms with van der Waals surface area (Å²) in [6, 6.07) is 15.0. The monoisotopic (exact) mass is 545 g/mol. The Bertz CT molecular complexity index is 1460. The lowest BCUT2D eigenvalue weighted by Crippen LogP contribution is -2.57. The van der Waals surface area contributed by atoms with Gasteiger partial charge in [0.15, 0.2) is 6.10 Å². The van der Waals surface area contributed by atoms with E-state index in [-0.39, 0.29) is 29.4 Å². The zero-order chi connectivity index (χ0) is 27.3. The van der Waals surface area contributed by atoms with Crippen molar-refractivity contribution in [3.8, 4) is 22.6 Å². The summed E-state index contributed by atoms with van der Waals surface area (Å²) in [7, 11) is 2.10. The summed E-state index contributed by atoms with van der Waals surface area (Å²) in [5, 5.41) is 12.8. The molecule has 2 fully saturated rings. The van der Waals surface area contributed by atoms with Gasteiger partial charge in [0.05, 0.1) is 10.7 Å². The van der Waals surface area contributed by atoms with E-state index in [1.54, 1.807) is 23.1 Å². The molecule has 2 amide bonds. The maximum atomic E-state index is 13.9. The largest absolute Gasteiger partial charge is 0.508 e. The normalized spacial score (nSPS) is 20.5. The van der Waals surface area contributed by atoms with E-state index in [0.717, 1.165) is 47.8 Å². The number of likely N-dealkylation sites (tertiary alicyclic amines) is 2. The molecule has 7 nitrogen and oxygen atoms in total. The van der Waals surface area contributed by atoms with E-state index in [1.165, 1.54) is 6.08 Å². The third-order valence-electron chi connectivity index (χ3n) is 8.32. The third-order valence-corrected chi connectivity index (χ3v) is 8.63. The van der Waals surface area contributed by atoms with Crippen molar-refractivity contribution in [1.29, 1.82) is 0 Å². The van der Waals surface area contributed by atoms with Gasteiger partial charge in [-0.3, -0.25) is 9.59 Å². The highest BCUT2D eigenvalue weighted by Crippen LogP contribution is 2.46. The van der Waals surface area contributed by atoms with E-state index in [0.29, 0.717) is 36.1 Å². The summed E-state index contributed by atoms with van der Waals surface area (Å²) in [4.78, 5) is 31.7. The zero-order valence-corrected chi connectivity index (χ0v) is 22.7. The smallest absolute Gasteiger partial charge is 0.268 e. The van der Waals surface area contributed by atoms with Crippen LogP contribution >= 0.6 is 11.6 Å². The number of rotatable bonds is 5. The molecule has 3 aromatic rings. The Kier molecular flexibility index (Phi) is 6.73. The molecule has 1 unspecified atom stereocenters. The van der Waals surface area contributed by atoms with Gasteiger partial charge in [0.1, 0.15) is 11.5 Å².